The van der Waals surface area contributed by atoms with Gasteiger partial charge in [0.05, 0.1) is 31.7 Å². The van der Waals surface area contributed by atoms with Crippen molar-refractivity contribution in [1.82, 2.24) is 10.6 Å². The highest BCUT2D eigenvalue weighted by atomic mass is 35.5. The number of hydrogen-bond donors (Lipinski definition) is 3. The highest BCUT2D eigenvalue weighted by Gasteiger charge is 2.30. The van der Waals surface area contributed by atoms with E-state index in [1.165, 1.54) is 32.2 Å². The van der Waals surface area contributed by atoms with E-state index >= 15 is 0 Å². The summed E-state index contributed by atoms with van der Waals surface area (Å²) < 4.78 is 19.3. The smallest absolute Gasteiger partial charge is 0.305 e. The minimum atomic E-state index is -1.36. The molecular weight excluding hydrogens is 563 g/mol. The number of methoxy groups -OCH3 is 1. The van der Waals surface area contributed by atoms with Crippen LogP contribution in [0.4, 0.5) is 4.39 Å². The Bertz CT molecular complexity index is 1250. The lowest BCUT2D eigenvalue weighted by Gasteiger charge is -2.25. The monoisotopic (exact) mass is 594 g/mol. The van der Waals surface area contributed by atoms with Gasteiger partial charge < -0.3 is 20.5 Å². The first kappa shape index (κ1) is 32.8. The lowest BCUT2D eigenvalue weighted by atomic mass is 10.0. The van der Waals surface area contributed by atoms with Gasteiger partial charge in [0.25, 0.3) is 0 Å². The molecule has 0 aliphatic heterocycles. The predicted octanol–water partition coefficient (Wildman–Crippen LogP) is 3.84. The summed E-state index contributed by atoms with van der Waals surface area (Å²) in [6.07, 6.45) is -0.854. The molecule has 0 fully saturated rings. The Hall–Kier alpha value is -3.44. The lowest BCUT2D eigenvalue weighted by molar-refractivity contribution is -0.140. The van der Waals surface area contributed by atoms with Gasteiger partial charge in [-0.25, -0.2) is 4.39 Å². The molecule has 40 heavy (non-hydrogen) atoms. The molecule has 216 valence electrons. The Morgan fingerprint density at radius 2 is 1.80 bits per heavy atom. The van der Waals surface area contributed by atoms with Crippen molar-refractivity contribution < 1.29 is 38.2 Å². The van der Waals surface area contributed by atoms with Crippen molar-refractivity contribution >= 4 is 52.7 Å². The quantitative estimate of drug-likeness (QED) is 0.264. The number of rotatable bonds is 15. The molecular formula is C28H32ClFN2O7S. The van der Waals surface area contributed by atoms with E-state index in [1.807, 2.05) is 0 Å². The predicted molar refractivity (Wildman–Crippen MR) is 150 cm³/mol. The summed E-state index contributed by atoms with van der Waals surface area (Å²) in [7, 11) is 1.43. The van der Waals surface area contributed by atoms with Crippen LogP contribution in [0.2, 0.25) is 5.02 Å². The number of Topliss-reactive ketones (excluding diaryl/α,β-unsaturated/α-hetero) is 2. The van der Waals surface area contributed by atoms with E-state index < -0.39 is 53.8 Å². The molecule has 2 aromatic carbocycles. The van der Waals surface area contributed by atoms with Crippen LogP contribution >= 0.6 is 23.4 Å². The molecule has 0 heterocycles. The highest BCUT2D eigenvalue weighted by molar-refractivity contribution is 7.99. The van der Waals surface area contributed by atoms with E-state index in [2.05, 4.69) is 10.6 Å². The van der Waals surface area contributed by atoms with E-state index in [4.69, 9.17) is 16.3 Å². The second-order valence-corrected chi connectivity index (χ2v) is 10.8. The Kier molecular flexibility index (Phi) is 12.6. The number of benzene rings is 2. The van der Waals surface area contributed by atoms with Crippen molar-refractivity contribution in [2.75, 3.05) is 12.9 Å². The van der Waals surface area contributed by atoms with Crippen LogP contribution in [0.5, 0.6) is 5.75 Å². The third kappa shape index (κ3) is 9.63. The fourth-order valence-electron chi connectivity index (χ4n) is 3.77. The molecule has 0 aromatic heterocycles. The summed E-state index contributed by atoms with van der Waals surface area (Å²) in [6, 6.07) is 6.47. The normalized spacial score (nSPS) is 12.4. The number of carbonyl (C=O) groups excluding carboxylic acids is 4. The van der Waals surface area contributed by atoms with Gasteiger partial charge in [-0.15, -0.1) is 11.8 Å². The van der Waals surface area contributed by atoms with Crippen molar-refractivity contribution in [3.8, 4) is 5.75 Å². The highest BCUT2D eigenvalue weighted by Crippen LogP contribution is 2.24. The minimum absolute atomic E-state index is 0.0734. The van der Waals surface area contributed by atoms with Crippen molar-refractivity contribution in [3.63, 3.8) is 0 Å². The Morgan fingerprint density at radius 1 is 1.10 bits per heavy atom. The number of thioether (sulfide) groups is 1. The average Bonchev–Trinajstić information content (AvgIpc) is 2.87. The van der Waals surface area contributed by atoms with Gasteiger partial charge in [-0.05, 0) is 43.2 Å². The molecule has 0 bridgehead atoms. The van der Waals surface area contributed by atoms with Gasteiger partial charge in [-0.2, -0.15) is 0 Å². The third-order valence-electron chi connectivity index (χ3n) is 5.94. The van der Waals surface area contributed by atoms with Crippen LogP contribution < -0.4 is 15.4 Å². The summed E-state index contributed by atoms with van der Waals surface area (Å²) in [5, 5.41) is 14.6. The first-order valence-corrected chi connectivity index (χ1v) is 13.9. The molecule has 0 aliphatic carbocycles. The molecule has 0 spiro atoms. The van der Waals surface area contributed by atoms with Crippen LogP contribution in [0.1, 0.15) is 48.7 Å². The van der Waals surface area contributed by atoms with Gasteiger partial charge in [0, 0.05) is 27.5 Å². The van der Waals surface area contributed by atoms with Gasteiger partial charge in [-0.3, -0.25) is 24.0 Å². The largest absolute Gasteiger partial charge is 0.496 e. The first-order chi connectivity index (χ1) is 18.8. The van der Waals surface area contributed by atoms with Crippen LogP contribution in [-0.2, 0) is 31.4 Å². The van der Waals surface area contributed by atoms with E-state index in [0.29, 0.717) is 16.9 Å². The number of ether oxygens (including phenoxy) is 1. The molecule has 9 nitrogen and oxygen atoms in total. The second kappa shape index (κ2) is 15.4. The Balaban J connectivity index is 2.09. The fraction of sp³-hybridized carbons (Fsp3) is 0.393. The van der Waals surface area contributed by atoms with Gasteiger partial charge in [0.15, 0.2) is 11.6 Å². The van der Waals surface area contributed by atoms with Crippen LogP contribution in [-0.4, -0.2) is 59.4 Å². The third-order valence-corrected chi connectivity index (χ3v) is 7.28. The molecule has 12 heteroatoms. The number of amides is 2. The zero-order valence-corrected chi connectivity index (χ0v) is 24.2. The molecule has 0 saturated carbocycles. The molecule has 0 aliphatic rings. The SMILES string of the molecule is COc1ccc(C(C)=O)cc1CC(=O)N[C@H](C(=O)NC(CC(=O)O)C(=O)CSCc1c(F)cccc1Cl)C(C)C. The molecule has 2 atom stereocenters. The van der Waals surface area contributed by atoms with E-state index in [-0.39, 0.29) is 34.3 Å². The summed E-state index contributed by atoms with van der Waals surface area (Å²) >= 11 is 7.05. The van der Waals surface area contributed by atoms with Gasteiger partial charge in [0.1, 0.15) is 17.6 Å². The molecule has 2 aromatic rings. The maximum atomic E-state index is 14.0. The zero-order chi connectivity index (χ0) is 30.0. The van der Waals surface area contributed by atoms with Crippen LogP contribution in [0, 0.1) is 11.7 Å². The molecule has 3 N–H and O–H groups in total. The van der Waals surface area contributed by atoms with Crippen LogP contribution in [0.15, 0.2) is 36.4 Å². The van der Waals surface area contributed by atoms with E-state index in [0.717, 1.165) is 11.8 Å². The maximum Gasteiger partial charge on any atom is 0.305 e. The lowest BCUT2D eigenvalue weighted by Crippen LogP contribution is -2.54. The fourth-order valence-corrected chi connectivity index (χ4v) is 5.09. The van der Waals surface area contributed by atoms with Gasteiger partial charge in [-0.1, -0.05) is 31.5 Å². The van der Waals surface area contributed by atoms with Gasteiger partial charge >= 0.3 is 5.97 Å². The Labute approximate surface area is 241 Å². The minimum Gasteiger partial charge on any atom is -0.496 e. The number of aliphatic carboxylic acids is 1. The van der Waals surface area contributed by atoms with Crippen LogP contribution in [0.25, 0.3) is 0 Å². The molecule has 2 rings (SSSR count). The molecule has 0 saturated heterocycles. The number of carboxylic acids is 1. The summed E-state index contributed by atoms with van der Waals surface area (Å²) in [4.78, 5) is 62.0. The summed E-state index contributed by atoms with van der Waals surface area (Å²) in [5.41, 5.74) is 1.06. The number of halogens is 2. The first-order valence-electron chi connectivity index (χ1n) is 12.4. The maximum absolute atomic E-state index is 14.0. The van der Waals surface area contributed by atoms with Crippen molar-refractivity contribution in [3.05, 3.63) is 63.9 Å². The van der Waals surface area contributed by atoms with E-state index in [1.54, 1.807) is 32.0 Å². The molecule has 0 radical (unpaired) electrons. The van der Waals surface area contributed by atoms with Crippen molar-refractivity contribution in [2.24, 2.45) is 5.92 Å². The Morgan fingerprint density at radius 3 is 2.38 bits per heavy atom. The van der Waals surface area contributed by atoms with E-state index in [9.17, 15) is 33.5 Å². The number of hydrogen-bond acceptors (Lipinski definition) is 7. The molecule has 2 amide bonds. The van der Waals surface area contributed by atoms with Crippen molar-refractivity contribution in [1.29, 1.82) is 0 Å². The number of nitrogens with one attached hydrogen (secondary N) is 2. The summed E-state index contributed by atoms with van der Waals surface area (Å²) in [6.45, 7) is 4.76. The standard InChI is InChI=1S/C28H32ClFN2O7S/c1-15(2)27(32-25(35)11-18-10-17(16(3)33)8-9-24(18)39-4)28(38)31-22(12-26(36)37)23(34)14-40-13-19-20(29)6-5-7-21(19)30/h5-10,15,22,27H,11-14H2,1-4H3,(H,31,38)(H,32,35)(H,36,37)/t22?,27-/m0/s1. The number of carboxylic acid groups (broad SMARTS) is 1. The average molecular weight is 595 g/mol. The zero-order valence-electron chi connectivity index (χ0n) is 22.6. The van der Waals surface area contributed by atoms with Crippen LogP contribution in [0.3, 0.4) is 0 Å². The van der Waals surface area contributed by atoms with Gasteiger partial charge in [0.2, 0.25) is 11.8 Å². The number of carbonyl (C=O) groups is 5. The topological polar surface area (TPSA) is 139 Å². The van der Waals surface area contributed by atoms with Crippen molar-refractivity contribution in [2.45, 2.75) is 51.4 Å². The molecule has 1 unspecified atom stereocenters. The second-order valence-electron chi connectivity index (χ2n) is 9.37. The summed E-state index contributed by atoms with van der Waals surface area (Å²) in [5.74, 6) is -3.99. The number of ketones is 2.